The number of hydrogen-bond donors (Lipinski definition) is 3. The van der Waals surface area contributed by atoms with Crippen LogP contribution in [-0.4, -0.2) is 43.5 Å². The second kappa shape index (κ2) is 14.5. The molecule has 2 fully saturated rings. The van der Waals surface area contributed by atoms with Gasteiger partial charge in [0.15, 0.2) is 0 Å². The molecule has 1 heterocycles. The van der Waals surface area contributed by atoms with Crippen LogP contribution in [0.1, 0.15) is 62.5 Å². The second-order valence-electron chi connectivity index (χ2n) is 10.8. The van der Waals surface area contributed by atoms with Crippen molar-refractivity contribution in [3.05, 3.63) is 71.8 Å². The first kappa shape index (κ1) is 28.4. The third-order valence-corrected chi connectivity index (χ3v) is 7.85. The molecule has 4 rings (SSSR count). The van der Waals surface area contributed by atoms with Gasteiger partial charge in [-0.2, -0.15) is 0 Å². The van der Waals surface area contributed by atoms with E-state index in [1.54, 1.807) is 13.2 Å². The van der Waals surface area contributed by atoms with E-state index in [1.807, 2.05) is 54.6 Å². The molecule has 0 bridgehead atoms. The van der Waals surface area contributed by atoms with Crippen LogP contribution in [0, 0.1) is 11.8 Å². The fourth-order valence-electron chi connectivity index (χ4n) is 5.74. The molecule has 39 heavy (non-hydrogen) atoms. The van der Waals surface area contributed by atoms with Crippen LogP contribution >= 0.6 is 0 Å². The lowest BCUT2D eigenvalue weighted by atomic mass is 9.84. The van der Waals surface area contributed by atoms with E-state index in [1.165, 1.54) is 12.5 Å². The normalized spacial score (nSPS) is 19.3. The number of nitrogens with one attached hydrogen (secondary N) is 3. The number of benzene rings is 2. The predicted octanol–water partition coefficient (Wildman–Crippen LogP) is 4.42. The smallest absolute Gasteiger partial charge is 0.244 e. The Balaban J connectivity index is 1.48. The van der Waals surface area contributed by atoms with Crippen LogP contribution in [-0.2, 0) is 20.8 Å². The Hall–Kier alpha value is -3.61. The van der Waals surface area contributed by atoms with Crippen LogP contribution < -0.4 is 20.7 Å². The maximum Gasteiger partial charge on any atom is 0.244 e. The first-order valence-electron chi connectivity index (χ1n) is 14.2. The maximum atomic E-state index is 13.7. The fourth-order valence-corrected chi connectivity index (χ4v) is 5.74. The first-order chi connectivity index (χ1) is 19.0. The van der Waals surface area contributed by atoms with Gasteiger partial charge >= 0.3 is 0 Å². The molecule has 0 radical (unpaired) electrons. The zero-order valence-electron chi connectivity index (χ0n) is 22.9. The standard InChI is InChI=1S/C32H41N3O4/c1-39-28-14-8-13-25(20-28)19-27(22-26-17-18-33-31(26)37)34-32(38)29(21-24-11-6-3-7-12-24)35-30(36)16-15-23-9-4-2-5-10-23/h2,4-5,8-10,13-16,20,24,26-27,29H,3,6-7,11-12,17-19,21-22H2,1H3,(H,33,37)(H,34,38)(H,35,36)/t26-,27+,29-/m0/s1. The van der Waals surface area contributed by atoms with Crippen molar-refractivity contribution in [1.29, 1.82) is 0 Å². The zero-order chi connectivity index (χ0) is 27.5. The average molecular weight is 532 g/mol. The topological polar surface area (TPSA) is 96.5 Å². The summed E-state index contributed by atoms with van der Waals surface area (Å²) in [6, 6.07) is 16.5. The average Bonchev–Trinajstić information content (AvgIpc) is 3.36. The summed E-state index contributed by atoms with van der Waals surface area (Å²) in [5.41, 5.74) is 1.95. The Morgan fingerprint density at radius 1 is 1.00 bits per heavy atom. The first-order valence-corrected chi connectivity index (χ1v) is 14.2. The van der Waals surface area contributed by atoms with Crippen molar-refractivity contribution in [2.24, 2.45) is 11.8 Å². The Labute approximate surface area is 231 Å². The minimum atomic E-state index is -0.633. The van der Waals surface area contributed by atoms with Gasteiger partial charge in [-0.1, -0.05) is 74.6 Å². The Kier molecular flexibility index (Phi) is 10.6. The minimum Gasteiger partial charge on any atom is -0.497 e. The summed E-state index contributed by atoms with van der Waals surface area (Å²) in [6.45, 7) is 0.664. The number of carbonyl (C=O) groups excluding carboxylic acids is 3. The molecule has 208 valence electrons. The van der Waals surface area contributed by atoms with Gasteiger partial charge < -0.3 is 20.7 Å². The lowest BCUT2D eigenvalue weighted by Crippen LogP contribution is -2.51. The van der Waals surface area contributed by atoms with E-state index in [2.05, 4.69) is 16.0 Å². The predicted molar refractivity (Wildman–Crippen MR) is 153 cm³/mol. The minimum absolute atomic E-state index is 0.0398. The molecule has 3 amide bonds. The molecule has 2 aromatic carbocycles. The second-order valence-corrected chi connectivity index (χ2v) is 10.8. The van der Waals surface area contributed by atoms with Crippen molar-refractivity contribution in [3.8, 4) is 5.75 Å². The summed E-state index contributed by atoms with van der Waals surface area (Å²) in [6.07, 6.45) is 11.5. The quantitative estimate of drug-likeness (QED) is 0.354. The molecule has 1 aliphatic heterocycles. The Morgan fingerprint density at radius 2 is 1.79 bits per heavy atom. The lowest BCUT2D eigenvalue weighted by Gasteiger charge is -2.28. The molecule has 1 aliphatic carbocycles. The molecule has 7 heteroatoms. The van der Waals surface area contributed by atoms with Gasteiger partial charge in [0.05, 0.1) is 7.11 Å². The van der Waals surface area contributed by atoms with E-state index in [0.29, 0.717) is 31.7 Å². The summed E-state index contributed by atoms with van der Waals surface area (Å²) in [5, 5.41) is 9.11. The van der Waals surface area contributed by atoms with Crippen LogP contribution in [0.2, 0.25) is 0 Å². The summed E-state index contributed by atoms with van der Waals surface area (Å²) in [4.78, 5) is 39.0. The number of hydrogen-bond acceptors (Lipinski definition) is 4. The molecular weight excluding hydrogens is 490 g/mol. The maximum absolute atomic E-state index is 13.7. The molecule has 0 unspecified atom stereocenters. The van der Waals surface area contributed by atoms with Gasteiger partial charge in [0, 0.05) is 24.6 Å². The summed E-state index contributed by atoms with van der Waals surface area (Å²) in [7, 11) is 1.63. The van der Waals surface area contributed by atoms with Crippen LogP contribution in [0.15, 0.2) is 60.7 Å². The highest BCUT2D eigenvalue weighted by Gasteiger charge is 2.31. The molecule has 1 saturated heterocycles. The van der Waals surface area contributed by atoms with Crippen LogP contribution in [0.3, 0.4) is 0 Å². The fraction of sp³-hybridized carbons (Fsp3) is 0.469. The van der Waals surface area contributed by atoms with Crippen LogP contribution in [0.25, 0.3) is 6.08 Å². The molecule has 7 nitrogen and oxygen atoms in total. The highest BCUT2D eigenvalue weighted by Crippen LogP contribution is 2.28. The largest absolute Gasteiger partial charge is 0.497 e. The zero-order valence-corrected chi connectivity index (χ0v) is 22.9. The van der Waals surface area contributed by atoms with Crippen molar-refractivity contribution in [2.75, 3.05) is 13.7 Å². The van der Waals surface area contributed by atoms with Gasteiger partial charge in [-0.15, -0.1) is 0 Å². The summed E-state index contributed by atoms with van der Waals surface area (Å²) >= 11 is 0. The third kappa shape index (κ3) is 8.98. The van der Waals surface area contributed by atoms with Crippen LogP contribution in [0.5, 0.6) is 5.75 Å². The third-order valence-electron chi connectivity index (χ3n) is 7.85. The monoisotopic (exact) mass is 531 g/mol. The van der Waals surface area contributed by atoms with Crippen molar-refractivity contribution in [2.45, 2.75) is 69.9 Å². The molecule has 3 atom stereocenters. The highest BCUT2D eigenvalue weighted by molar-refractivity contribution is 5.95. The van der Waals surface area contributed by atoms with Gasteiger partial charge in [-0.05, 0) is 60.9 Å². The van der Waals surface area contributed by atoms with Gasteiger partial charge in [0.2, 0.25) is 17.7 Å². The van der Waals surface area contributed by atoms with Crippen molar-refractivity contribution in [3.63, 3.8) is 0 Å². The molecule has 0 spiro atoms. The lowest BCUT2D eigenvalue weighted by molar-refractivity contribution is -0.128. The van der Waals surface area contributed by atoms with Gasteiger partial charge in [-0.25, -0.2) is 0 Å². The van der Waals surface area contributed by atoms with Crippen molar-refractivity contribution >= 4 is 23.8 Å². The van der Waals surface area contributed by atoms with Crippen LogP contribution in [0.4, 0.5) is 0 Å². The highest BCUT2D eigenvalue weighted by atomic mass is 16.5. The number of amides is 3. The van der Waals surface area contributed by atoms with Gasteiger partial charge in [0.25, 0.3) is 0 Å². The SMILES string of the molecule is COc1cccc(C[C@H](C[C@@H]2CCNC2=O)NC(=O)[C@H](CC2CCCCC2)NC(=O)C=Cc2ccccc2)c1. The Bertz CT molecular complexity index is 1130. The number of ether oxygens (including phenoxy) is 1. The van der Waals surface area contributed by atoms with E-state index in [-0.39, 0.29) is 29.7 Å². The van der Waals surface area contributed by atoms with Gasteiger partial charge in [0.1, 0.15) is 11.8 Å². The summed E-state index contributed by atoms with van der Waals surface area (Å²) in [5.74, 6) is 0.593. The van der Waals surface area contributed by atoms with Gasteiger partial charge in [-0.3, -0.25) is 14.4 Å². The molecule has 2 aliphatic rings. The van der Waals surface area contributed by atoms with E-state index >= 15 is 0 Å². The van der Waals surface area contributed by atoms with E-state index < -0.39 is 6.04 Å². The molecule has 2 aromatic rings. The Morgan fingerprint density at radius 3 is 2.51 bits per heavy atom. The number of methoxy groups -OCH3 is 1. The molecule has 3 N–H and O–H groups in total. The molecule has 0 aromatic heterocycles. The van der Waals surface area contributed by atoms with Crippen molar-refractivity contribution < 1.29 is 19.1 Å². The number of carbonyl (C=O) groups is 3. The van der Waals surface area contributed by atoms with E-state index in [9.17, 15) is 14.4 Å². The summed E-state index contributed by atoms with van der Waals surface area (Å²) < 4.78 is 5.38. The van der Waals surface area contributed by atoms with E-state index in [0.717, 1.165) is 49.0 Å². The van der Waals surface area contributed by atoms with E-state index in [4.69, 9.17) is 4.74 Å². The number of rotatable bonds is 12. The molecular formula is C32H41N3O4. The van der Waals surface area contributed by atoms with Crippen molar-refractivity contribution in [1.82, 2.24) is 16.0 Å². The molecule has 1 saturated carbocycles.